The van der Waals surface area contributed by atoms with Gasteiger partial charge in [0.2, 0.25) is 5.91 Å². The molecule has 0 aromatic carbocycles. The van der Waals surface area contributed by atoms with E-state index in [0.29, 0.717) is 12.0 Å². The summed E-state index contributed by atoms with van der Waals surface area (Å²) < 4.78 is 0. The lowest BCUT2D eigenvalue weighted by Gasteiger charge is -2.40. The number of hydrogen-bond acceptors (Lipinski definition) is 3. The van der Waals surface area contributed by atoms with Crippen molar-refractivity contribution < 1.29 is 4.79 Å². The number of nitrogens with zero attached hydrogens (tertiary/aromatic N) is 1. The second-order valence-corrected chi connectivity index (χ2v) is 6.17. The number of piperidine rings is 1. The molecule has 1 unspecified atom stereocenters. The molecule has 0 aromatic rings. The number of likely N-dealkylation sites (N-methyl/N-ethyl adjacent to an activating group) is 1. The van der Waals surface area contributed by atoms with Gasteiger partial charge in [-0.25, -0.2) is 0 Å². The number of likely N-dealkylation sites (tertiary alicyclic amines) is 1. The van der Waals surface area contributed by atoms with Crippen LogP contribution in [0.4, 0.5) is 0 Å². The van der Waals surface area contributed by atoms with Gasteiger partial charge in [0.15, 0.2) is 0 Å². The van der Waals surface area contributed by atoms with Gasteiger partial charge in [-0.15, -0.1) is 0 Å². The third-order valence-corrected chi connectivity index (χ3v) is 3.86. The minimum atomic E-state index is -0.601. The topological polar surface area (TPSA) is 58.4 Å². The molecule has 0 spiro atoms. The minimum absolute atomic E-state index is 0.260. The second-order valence-electron chi connectivity index (χ2n) is 6.17. The van der Waals surface area contributed by atoms with Crippen LogP contribution in [-0.2, 0) is 4.79 Å². The Morgan fingerprint density at radius 1 is 1.41 bits per heavy atom. The highest BCUT2D eigenvalue weighted by molar-refractivity contribution is 5.84. The number of rotatable bonds is 5. The number of nitrogens with two attached hydrogens (primary N) is 1. The van der Waals surface area contributed by atoms with Gasteiger partial charge in [0.05, 0.1) is 0 Å². The lowest BCUT2D eigenvalue weighted by Crippen LogP contribution is -2.60. The molecule has 1 fully saturated rings. The van der Waals surface area contributed by atoms with Crippen molar-refractivity contribution in [3.63, 3.8) is 0 Å². The largest absolute Gasteiger partial charge is 0.368 e. The SMILES string of the molecule is CCNC(C)(CN1CCC(C)(C)CC1)C(N)=O. The Kier molecular flexibility index (Phi) is 4.55. The molecule has 1 aliphatic heterocycles. The molecule has 4 nitrogen and oxygen atoms in total. The molecule has 0 radical (unpaired) electrons. The maximum Gasteiger partial charge on any atom is 0.238 e. The van der Waals surface area contributed by atoms with Crippen LogP contribution >= 0.6 is 0 Å². The number of amides is 1. The van der Waals surface area contributed by atoms with Crippen molar-refractivity contribution in [1.29, 1.82) is 0 Å². The molecule has 1 saturated heterocycles. The molecule has 0 bridgehead atoms. The number of hydrogen-bond donors (Lipinski definition) is 2. The third kappa shape index (κ3) is 3.96. The zero-order valence-corrected chi connectivity index (χ0v) is 11.7. The molecule has 1 atom stereocenters. The van der Waals surface area contributed by atoms with E-state index >= 15 is 0 Å². The van der Waals surface area contributed by atoms with Crippen molar-refractivity contribution in [3.8, 4) is 0 Å². The highest BCUT2D eigenvalue weighted by Crippen LogP contribution is 2.30. The van der Waals surface area contributed by atoms with Gasteiger partial charge < -0.3 is 16.0 Å². The van der Waals surface area contributed by atoms with Crippen molar-refractivity contribution in [1.82, 2.24) is 10.2 Å². The molecule has 1 aliphatic rings. The van der Waals surface area contributed by atoms with Crippen LogP contribution in [0.1, 0.15) is 40.5 Å². The predicted octanol–water partition coefficient (Wildman–Crippen LogP) is 0.962. The average molecular weight is 241 g/mol. The molecule has 0 aromatic heterocycles. The molecule has 4 heteroatoms. The molecule has 0 saturated carbocycles. The van der Waals surface area contributed by atoms with Crippen LogP contribution in [0.2, 0.25) is 0 Å². The van der Waals surface area contributed by atoms with E-state index < -0.39 is 5.54 Å². The van der Waals surface area contributed by atoms with Crippen molar-refractivity contribution in [3.05, 3.63) is 0 Å². The van der Waals surface area contributed by atoms with E-state index in [1.54, 1.807) is 0 Å². The summed E-state index contributed by atoms with van der Waals surface area (Å²) in [5.41, 5.74) is 5.34. The van der Waals surface area contributed by atoms with Crippen LogP contribution < -0.4 is 11.1 Å². The third-order valence-electron chi connectivity index (χ3n) is 3.86. The first-order valence-corrected chi connectivity index (χ1v) is 6.56. The van der Waals surface area contributed by atoms with Gasteiger partial charge in [-0.05, 0) is 44.8 Å². The summed E-state index contributed by atoms with van der Waals surface area (Å²) in [5, 5.41) is 3.21. The summed E-state index contributed by atoms with van der Waals surface area (Å²) in [6, 6.07) is 0. The van der Waals surface area contributed by atoms with Crippen LogP contribution in [0.25, 0.3) is 0 Å². The van der Waals surface area contributed by atoms with Gasteiger partial charge in [-0.2, -0.15) is 0 Å². The second kappa shape index (κ2) is 5.36. The quantitative estimate of drug-likeness (QED) is 0.754. The number of nitrogens with one attached hydrogen (secondary N) is 1. The normalized spacial score (nSPS) is 24.2. The molecule has 1 amide bonds. The van der Waals surface area contributed by atoms with Gasteiger partial charge in [0, 0.05) is 6.54 Å². The highest BCUT2D eigenvalue weighted by atomic mass is 16.1. The fraction of sp³-hybridized carbons (Fsp3) is 0.923. The number of carbonyl (C=O) groups is 1. The van der Waals surface area contributed by atoms with Gasteiger partial charge in [0.1, 0.15) is 5.54 Å². The summed E-state index contributed by atoms with van der Waals surface area (Å²) in [4.78, 5) is 13.9. The average Bonchev–Trinajstić information content (AvgIpc) is 2.21. The van der Waals surface area contributed by atoms with E-state index in [2.05, 4.69) is 24.1 Å². The molecule has 0 aliphatic carbocycles. The number of primary amides is 1. The van der Waals surface area contributed by atoms with Gasteiger partial charge in [-0.1, -0.05) is 20.8 Å². The molecular formula is C13H27N3O. The number of carbonyl (C=O) groups excluding carboxylic acids is 1. The maximum absolute atomic E-state index is 11.5. The zero-order chi connectivity index (χ0) is 13.1. The van der Waals surface area contributed by atoms with E-state index in [1.807, 2.05) is 13.8 Å². The van der Waals surface area contributed by atoms with Crippen LogP contribution in [0.5, 0.6) is 0 Å². The van der Waals surface area contributed by atoms with Crippen LogP contribution in [0.3, 0.4) is 0 Å². The Morgan fingerprint density at radius 3 is 2.35 bits per heavy atom. The maximum atomic E-state index is 11.5. The predicted molar refractivity (Wildman–Crippen MR) is 70.7 cm³/mol. The van der Waals surface area contributed by atoms with Crippen molar-refractivity contribution >= 4 is 5.91 Å². The lowest BCUT2D eigenvalue weighted by molar-refractivity contribution is -0.124. The van der Waals surface area contributed by atoms with E-state index in [1.165, 1.54) is 12.8 Å². The summed E-state index contributed by atoms with van der Waals surface area (Å²) >= 11 is 0. The molecular weight excluding hydrogens is 214 g/mol. The van der Waals surface area contributed by atoms with E-state index in [-0.39, 0.29) is 5.91 Å². The molecule has 1 heterocycles. The molecule has 1 rings (SSSR count). The summed E-state index contributed by atoms with van der Waals surface area (Å²) in [6.45, 7) is 12.1. The minimum Gasteiger partial charge on any atom is -0.368 e. The molecule has 3 N–H and O–H groups in total. The van der Waals surface area contributed by atoms with E-state index in [9.17, 15) is 4.79 Å². The van der Waals surface area contributed by atoms with Crippen LogP contribution in [0.15, 0.2) is 0 Å². The van der Waals surface area contributed by atoms with Gasteiger partial charge in [-0.3, -0.25) is 4.79 Å². The Hall–Kier alpha value is -0.610. The zero-order valence-electron chi connectivity index (χ0n) is 11.7. The first kappa shape index (κ1) is 14.5. The van der Waals surface area contributed by atoms with Gasteiger partial charge >= 0.3 is 0 Å². The smallest absolute Gasteiger partial charge is 0.238 e. The Labute approximate surface area is 105 Å². The lowest BCUT2D eigenvalue weighted by atomic mass is 9.82. The Balaban J connectivity index is 2.55. The van der Waals surface area contributed by atoms with Gasteiger partial charge in [0.25, 0.3) is 0 Å². The summed E-state index contributed by atoms with van der Waals surface area (Å²) in [6.07, 6.45) is 2.38. The fourth-order valence-electron chi connectivity index (χ4n) is 2.37. The van der Waals surface area contributed by atoms with Crippen LogP contribution in [-0.4, -0.2) is 42.5 Å². The van der Waals surface area contributed by atoms with Crippen molar-refractivity contribution in [2.45, 2.75) is 46.1 Å². The summed E-state index contributed by atoms with van der Waals surface area (Å²) in [5.74, 6) is -0.260. The monoisotopic (exact) mass is 241 g/mol. The summed E-state index contributed by atoms with van der Waals surface area (Å²) in [7, 11) is 0. The first-order valence-electron chi connectivity index (χ1n) is 6.56. The standard InChI is InChI=1S/C13H27N3O/c1-5-15-13(4,11(14)17)10-16-8-6-12(2,3)7-9-16/h15H,5-10H2,1-4H3,(H2,14,17). The van der Waals surface area contributed by atoms with E-state index in [0.717, 1.165) is 19.6 Å². The Bertz CT molecular complexity index is 268. The molecule has 17 heavy (non-hydrogen) atoms. The first-order chi connectivity index (χ1) is 7.79. The van der Waals surface area contributed by atoms with Crippen molar-refractivity contribution in [2.75, 3.05) is 26.2 Å². The Morgan fingerprint density at radius 2 is 1.94 bits per heavy atom. The van der Waals surface area contributed by atoms with Crippen LogP contribution in [0, 0.1) is 5.41 Å². The highest BCUT2D eigenvalue weighted by Gasteiger charge is 2.34. The fourth-order valence-corrected chi connectivity index (χ4v) is 2.37. The molecule has 100 valence electrons. The van der Waals surface area contributed by atoms with E-state index in [4.69, 9.17) is 5.73 Å². The van der Waals surface area contributed by atoms with Crippen molar-refractivity contribution in [2.24, 2.45) is 11.1 Å².